The summed E-state index contributed by atoms with van der Waals surface area (Å²) in [6.07, 6.45) is -4.28. The molecule has 10 heteroatoms. The second-order valence-corrected chi connectivity index (χ2v) is 5.28. The molecular weight excluding hydrogens is 356 g/mol. The maximum absolute atomic E-state index is 13.9. The van der Waals surface area contributed by atoms with Gasteiger partial charge in [0, 0.05) is 11.1 Å². The number of aromatic nitrogens is 2. The van der Waals surface area contributed by atoms with Gasteiger partial charge in [-0.15, -0.1) is 0 Å². The molecule has 0 aliphatic rings. The highest BCUT2D eigenvalue weighted by molar-refractivity contribution is 6.33. The molecule has 0 amide bonds. The molecule has 0 fully saturated rings. The van der Waals surface area contributed by atoms with Crippen molar-refractivity contribution in [2.24, 2.45) is 0 Å². The maximum Gasteiger partial charge on any atom is 0.418 e. The first-order valence-corrected chi connectivity index (χ1v) is 6.75. The van der Waals surface area contributed by atoms with Gasteiger partial charge in [0.25, 0.3) is 5.56 Å². The Morgan fingerprint density at radius 1 is 1.38 bits per heavy atom. The Hall–Kier alpha value is -2.42. The van der Waals surface area contributed by atoms with Crippen molar-refractivity contribution >= 4 is 17.6 Å². The van der Waals surface area contributed by atoms with Crippen LogP contribution in [-0.4, -0.2) is 20.9 Å². The normalized spacial score (nSPS) is 11.6. The molecule has 1 heterocycles. The molecule has 24 heavy (non-hydrogen) atoms. The summed E-state index contributed by atoms with van der Waals surface area (Å²) in [7, 11) is 0. The van der Waals surface area contributed by atoms with E-state index in [1.165, 1.54) is 0 Å². The molecule has 0 bridgehead atoms. The van der Waals surface area contributed by atoms with Crippen LogP contribution in [0.15, 0.2) is 23.1 Å². The molecule has 0 saturated carbocycles. The van der Waals surface area contributed by atoms with Crippen molar-refractivity contribution in [3.8, 4) is 0 Å². The number of hydrogen-bond donors (Lipinski definition) is 1. The van der Waals surface area contributed by atoms with E-state index in [4.69, 9.17) is 16.7 Å². The van der Waals surface area contributed by atoms with Crippen LogP contribution in [-0.2, 0) is 12.7 Å². The fourth-order valence-corrected chi connectivity index (χ4v) is 2.26. The summed E-state index contributed by atoms with van der Waals surface area (Å²) in [4.78, 5) is 23.0. The molecule has 128 valence electrons. The van der Waals surface area contributed by atoms with Crippen molar-refractivity contribution in [1.82, 2.24) is 9.78 Å². The second kappa shape index (κ2) is 6.23. The third-order valence-corrected chi connectivity index (χ3v) is 3.59. The highest BCUT2D eigenvalue weighted by Crippen LogP contribution is 2.29. The van der Waals surface area contributed by atoms with E-state index >= 15 is 0 Å². The number of hydrogen-bond acceptors (Lipinski definition) is 3. The van der Waals surface area contributed by atoms with Gasteiger partial charge in [0.1, 0.15) is 5.82 Å². The van der Waals surface area contributed by atoms with Crippen molar-refractivity contribution in [1.29, 1.82) is 0 Å². The van der Waals surface area contributed by atoms with Gasteiger partial charge in [-0.3, -0.25) is 4.79 Å². The number of carboxylic acid groups (broad SMARTS) is 1. The molecule has 2 aromatic rings. The molecular formula is C14H9ClF4N2O3. The molecule has 0 aliphatic carbocycles. The summed E-state index contributed by atoms with van der Waals surface area (Å²) in [6, 6.07) is 1.66. The quantitative estimate of drug-likeness (QED) is 0.849. The van der Waals surface area contributed by atoms with Crippen molar-refractivity contribution in [3.05, 3.63) is 61.8 Å². The van der Waals surface area contributed by atoms with Gasteiger partial charge >= 0.3 is 12.1 Å². The van der Waals surface area contributed by atoms with E-state index in [1.54, 1.807) is 0 Å². The third kappa shape index (κ3) is 3.40. The molecule has 0 saturated heterocycles. The monoisotopic (exact) mass is 364 g/mol. The summed E-state index contributed by atoms with van der Waals surface area (Å²) in [5, 5.41) is 12.0. The summed E-state index contributed by atoms with van der Waals surface area (Å²) in [5.41, 5.74) is -3.48. The summed E-state index contributed by atoms with van der Waals surface area (Å²) >= 11 is 5.60. The first kappa shape index (κ1) is 17.9. The fraction of sp³-hybridized carbons (Fsp3) is 0.214. The lowest BCUT2D eigenvalue weighted by Crippen LogP contribution is -2.29. The SMILES string of the molecule is Cc1c(C(F)(F)F)cnn(Cc2cc(C(=O)O)c(Cl)cc2F)c1=O. The van der Waals surface area contributed by atoms with Crippen LogP contribution in [0.3, 0.4) is 0 Å². The average Bonchev–Trinajstić information content (AvgIpc) is 2.44. The van der Waals surface area contributed by atoms with E-state index in [-0.39, 0.29) is 10.6 Å². The minimum absolute atomic E-state index is 0.245. The molecule has 0 spiro atoms. The van der Waals surface area contributed by atoms with Crippen LogP contribution in [0.5, 0.6) is 0 Å². The molecule has 0 atom stereocenters. The largest absolute Gasteiger partial charge is 0.478 e. The van der Waals surface area contributed by atoms with Gasteiger partial charge in [-0.1, -0.05) is 11.6 Å². The van der Waals surface area contributed by atoms with Crippen LogP contribution < -0.4 is 5.56 Å². The molecule has 0 unspecified atom stereocenters. The maximum atomic E-state index is 13.9. The molecule has 2 rings (SSSR count). The van der Waals surface area contributed by atoms with Crippen LogP contribution in [0, 0.1) is 12.7 Å². The van der Waals surface area contributed by atoms with Crippen LogP contribution in [0.25, 0.3) is 0 Å². The lowest BCUT2D eigenvalue weighted by molar-refractivity contribution is -0.138. The Morgan fingerprint density at radius 2 is 2.00 bits per heavy atom. The Kier molecular flexibility index (Phi) is 4.66. The van der Waals surface area contributed by atoms with E-state index in [0.29, 0.717) is 10.9 Å². The van der Waals surface area contributed by atoms with E-state index in [1.807, 2.05) is 0 Å². The summed E-state index contributed by atoms with van der Waals surface area (Å²) in [6.45, 7) is 0.436. The number of nitrogens with zero attached hydrogens (tertiary/aromatic N) is 2. The number of benzene rings is 1. The number of halogens is 5. The smallest absolute Gasteiger partial charge is 0.418 e. The predicted octanol–water partition coefficient (Wildman–Crippen LogP) is 3.11. The number of rotatable bonds is 3. The fourth-order valence-electron chi connectivity index (χ4n) is 2.02. The van der Waals surface area contributed by atoms with Crippen LogP contribution in [0.2, 0.25) is 5.02 Å². The van der Waals surface area contributed by atoms with Crippen molar-refractivity contribution in [2.75, 3.05) is 0 Å². The van der Waals surface area contributed by atoms with Gasteiger partial charge in [-0.05, 0) is 19.1 Å². The Balaban J connectivity index is 2.50. The predicted molar refractivity (Wildman–Crippen MR) is 75.7 cm³/mol. The van der Waals surface area contributed by atoms with E-state index in [0.717, 1.165) is 19.1 Å². The van der Waals surface area contributed by atoms with Crippen LogP contribution in [0.1, 0.15) is 27.0 Å². The Bertz CT molecular complexity index is 878. The zero-order valence-corrected chi connectivity index (χ0v) is 12.7. The average molecular weight is 365 g/mol. The third-order valence-electron chi connectivity index (χ3n) is 3.28. The highest BCUT2D eigenvalue weighted by Gasteiger charge is 2.34. The minimum atomic E-state index is -4.74. The minimum Gasteiger partial charge on any atom is -0.478 e. The Labute approximate surface area is 137 Å². The zero-order chi connectivity index (χ0) is 18.2. The standard InChI is InChI=1S/C14H9ClF4N2O3/c1-6-9(14(17,18)19)4-20-21(12(6)22)5-7-2-8(13(23)24)10(15)3-11(7)16/h2-4H,5H2,1H3,(H,23,24). The Morgan fingerprint density at radius 3 is 2.54 bits per heavy atom. The first-order valence-electron chi connectivity index (χ1n) is 6.37. The summed E-state index contributed by atoms with van der Waals surface area (Å²) < 4.78 is 52.6. The second-order valence-electron chi connectivity index (χ2n) is 4.87. The summed E-state index contributed by atoms with van der Waals surface area (Å²) in [5.74, 6) is -2.32. The van der Waals surface area contributed by atoms with Crippen molar-refractivity contribution in [3.63, 3.8) is 0 Å². The first-order chi connectivity index (χ1) is 11.0. The molecule has 1 aromatic heterocycles. The van der Waals surface area contributed by atoms with Gasteiger partial charge in [0.2, 0.25) is 0 Å². The lowest BCUT2D eigenvalue weighted by Gasteiger charge is -2.12. The lowest BCUT2D eigenvalue weighted by atomic mass is 10.1. The molecule has 0 radical (unpaired) electrons. The number of alkyl halides is 3. The van der Waals surface area contributed by atoms with E-state index in [9.17, 15) is 27.2 Å². The zero-order valence-electron chi connectivity index (χ0n) is 12.0. The van der Waals surface area contributed by atoms with E-state index in [2.05, 4.69) is 5.10 Å². The number of carboxylic acids is 1. The van der Waals surface area contributed by atoms with Gasteiger partial charge in [0.15, 0.2) is 0 Å². The van der Waals surface area contributed by atoms with Crippen LogP contribution in [0.4, 0.5) is 17.6 Å². The molecule has 1 aromatic carbocycles. The molecule has 1 N–H and O–H groups in total. The number of carbonyl (C=O) groups is 1. The van der Waals surface area contributed by atoms with Crippen molar-refractivity contribution in [2.45, 2.75) is 19.6 Å². The van der Waals surface area contributed by atoms with Gasteiger partial charge in [0.05, 0.1) is 28.9 Å². The molecule has 0 aliphatic heterocycles. The molecule has 5 nitrogen and oxygen atoms in total. The highest BCUT2D eigenvalue weighted by atomic mass is 35.5. The van der Waals surface area contributed by atoms with Gasteiger partial charge in [-0.25, -0.2) is 13.9 Å². The van der Waals surface area contributed by atoms with Crippen LogP contribution >= 0.6 is 11.6 Å². The van der Waals surface area contributed by atoms with Gasteiger partial charge < -0.3 is 5.11 Å². The van der Waals surface area contributed by atoms with E-state index < -0.39 is 46.8 Å². The van der Waals surface area contributed by atoms with Crippen molar-refractivity contribution < 1.29 is 27.5 Å². The van der Waals surface area contributed by atoms with Gasteiger partial charge in [-0.2, -0.15) is 18.3 Å². The number of aromatic carboxylic acids is 1. The topological polar surface area (TPSA) is 72.2 Å².